The second kappa shape index (κ2) is 15.5. The number of hydrogen-bond acceptors (Lipinski definition) is 8. The second-order valence-corrected chi connectivity index (χ2v) is 13.3. The monoisotopic (exact) mass is 702 g/mol. The van der Waals surface area contributed by atoms with Crippen LogP contribution in [0.5, 0.6) is 0 Å². The van der Waals surface area contributed by atoms with E-state index in [1.54, 1.807) is 0 Å². The van der Waals surface area contributed by atoms with Gasteiger partial charge >= 0.3 is 11.9 Å². The fraction of sp³-hybridized carbons (Fsp3) is 0.333. The van der Waals surface area contributed by atoms with Crippen molar-refractivity contribution in [2.24, 2.45) is 0 Å². The fourth-order valence-electron chi connectivity index (χ4n) is 7.34. The molecule has 4 aromatic rings. The molecule has 0 saturated heterocycles. The predicted octanol–water partition coefficient (Wildman–Crippen LogP) is 7.44. The van der Waals surface area contributed by atoms with Crippen molar-refractivity contribution in [3.63, 3.8) is 0 Å². The highest BCUT2D eigenvalue weighted by Crippen LogP contribution is 2.44. The number of ether oxygens (including phenoxy) is 2. The number of benzene rings is 1. The molecular weight excluding hydrogens is 656 g/mol. The average Bonchev–Trinajstić information content (AvgIpc) is 3.81. The van der Waals surface area contributed by atoms with Crippen LogP contribution in [0.3, 0.4) is 0 Å². The number of aliphatic hydroxyl groups excluding tert-OH is 2. The number of aryl methyl sites for hydroxylation is 2. The van der Waals surface area contributed by atoms with Crippen LogP contribution in [0.25, 0.3) is 55.5 Å². The first-order valence-electron chi connectivity index (χ1n) is 17.7. The molecular formula is C42H46N4O6. The Bertz CT molecular complexity index is 2280. The third-order valence-corrected chi connectivity index (χ3v) is 10.3. The summed E-state index contributed by atoms with van der Waals surface area (Å²) in [4.78, 5) is 43.0. The van der Waals surface area contributed by atoms with Crippen LogP contribution < -0.4 is 0 Å². The molecule has 2 aliphatic heterocycles. The standard InChI is InChI=1S/C42H46N4O6/c1-23-28(16-18-47)36-21-33-24(2)29(17-19-48)37(44-33)22-35-26(4)31(13-15-39(50)52-6)42(46-35)40(27-10-8-7-9-11-27)41-30(12-14-38(49)51-5)25(3)34(45-41)20-32(23)43-36/h7-11,20-22,43-44,47-48H,12-19H2,1-6H3. The number of rotatable bonds is 11. The molecule has 5 heterocycles. The van der Waals surface area contributed by atoms with Gasteiger partial charge in [-0.3, -0.25) is 9.59 Å². The van der Waals surface area contributed by atoms with Gasteiger partial charge in [-0.1, -0.05) is 30.3 Å². The van der Waals surface area contributed by atoms with Crippen LogP contribution in [0, 0.1) is 13.8 Å². The summed E-state index contributed by atoms with van der Waals surface area (Å²) in [6.45, 7) is 8.10. The van der Waals surface area contributed by atoms with Crippen molar-refractivity contribution in [2.75, 3.05) is 27.4 Å². The average molecular weight is 703 g/mol. The molecule has 2 aliphatic rings. The van der Waals surface area contributed by atoms with E-state index in [0.29, 0.717) is 37.1 Å². The van der Waals surface area contributed by atoms with Crippen molar-refractivity contribution in [3.8, 4) is 11.1 Å². The van der Waals surface area contributed by atoms with Crippen LogP contribution >= 0.6 is 0 Å². The number of fused-ring (bicyclic) bond motifs is 8. The summed E-state index contributed by atoms with van der Waals surface area (Å²) in [5.74, 6) is -0.635. The first-order chi connectivity index (χ1) is 25.1. The van der Waals surface area contributed by atoms with Crippen molar-refractivity contribution >= 4 is 56.3 Å². The van der Waals surface area contributed by atoms with Crippen molar-refractivity contribution < 1.29 is 29.3 Å². The van der Waals surface area contributed by atoms with E-state index in [2.05, 4.69) is 16.0 Å². The molecule has 0 amide bonds. The lowest BCUT2D eigenvalue weighted by Gasteiger charge is -2.13. The quantitative estimate of drug-likeness (QED) is 0.118. The van der Waals surface area contributed by atoms with Gasteiger partial charge in [0.05, 0.1) is 37.0 Å². The molecule has 10 nitrogen and oxygen atoms in total. The number of allylic oxidation sites excluding steroid dienone is 4. The van der Waals surface area contributed by atoms with E-state index >= 15 is 0 Å². The predicted molar refractivity (Wildman–Crippen MR) is 205 cm³/mol. The molecule has 1 aromatic carbocycles. The number of nitrogens with one attached hydrogen (secondary N) is 2. The van der Waals surface area contributed by atoms with Gasteiger partial charge in [0.25, 0.3) is 0 Å². The van der Waals surface area contributed by atoms with E-state index in [4.69, 9.17) is 19.4 Å². The van der Waals surface area contributed by atoms with Gasteiger partial charge in [0.2, 0.25) is 0 Å². The Kier molecular flexibility index (Phi) is 10.9. The smallest absolute Gasteiger partial charge is 0.305 e. The van der Waals surface area contributed by atoms with Gasteiger partial charge < -0.3 is 29.7 Å². The molecule has 52 heavy (non-hydrogen) atoms. The Balaban J connectivity index is 1.83. The first-order valence-corrected chi connectivity index (χ1v) is 17.7. The van der Waals surface area contributed by atoms with Crippen LogP contribution in [0.4, 0.5) is 0 Å². The van der Waals surface area contributed by atoms with Crippen molar-refractivity contribution in [3.05, 3.63) is 93.6 Å². The largest absolute Gasteiger partial charge is 0.469 e. The van der Waals surface area contributed by atoms with Crippen molar-refractivity contribution in [1.82, 2.24) is 19.9 Å². The van der Waals surface area contributed by atoms with E-state index in [0.717, 1.165) is 89.1 Å². The minimum Gasteiger partial charge on any atom is -0.469 e. The van der Waals surface area contributed by atoms with Crippen molar-refractivity contribution in [1.29, 1.82) is 0 Å². The van der Waals surface area contributed by atoms with E-state index in [-0.39, 0.29) is 38.0 Å². The SMILES string of the molecule is COC(=O)CCC1=C(C)c2cc3[nH]c(cc4[nH]c(cc5nc(c(-c6ccccc6)c1n2)C(CCC(=O)OC)=C5C)c(CCO)c4C)c(CCO)c3C. The lowest BCUT2D eigenvalue weighted by atomic mass is 9.90. The Hall–Kier alpha value is -5.32. The van der Waals surface area contributed by atoms with Crippen LogP contribution in [-0.2, 0) is 31.9 Å². The summed E-state index contributed by atoms with van der Waals surface area (Å²) >= 11 is 0. The van der Waals surface area contributed by atoms with E-state index in [9.17, 15) is 19.8 Å². The van der Waals surface area contributed by atoms with E-state index in [1.807, 2.05) is 70.2 Å². The van der Waals surface area contributed by atoms with Gasteiger partial charge in [-0.15, -0.1) is 0 Å². The molecule has 3 aromatic heterocycles. The minimum absolute atomic E-state index is 0.00922. The normalized spacial score (nSPS) is 12.8. The summed E-state index contributed by atoms with van der Waals surface area (Å²) in [7, 11) is 2.78. The zero-order chi connectivity index (χ0) is 37.1. The highest BCUT2D eigenvalue weighted by molar-refractivity contribution is 6.03. The Morgan fingerprint density at radius 2 is 1.08 bits per heavy atom. The van der Waals surface area contributed by atoms with Gasteiger partial charge in [-0.05, 0) is 122 Å². The highest BCUT2D eigenvalue weighted by Gasteiger charge is 2.28. The lowest BCUT2D eigenvalue weighted by molar-refractivity contribution is -0.141. The Labute approximate surface area is 303 Å². The zero-order valence-electron chi connectivity index (χ0n) is 30.7. The van der Waals surface area contributed by atoms with Crippen molar-refractivity contribution in [2.45, 2.75) is 66.2 Å². The first kappa shape index (κ1) is 36.5. The zero-order valence-corrected chi connectivity index (χ0v) is 30.7. The summed E-state index contributed by atoms with van der Waals surface area (Å²) in [6, 6.07) is 16.1. The molecule has 0 unspecified atom stereocenters. The number of carbonyl (C=O) groups is 2. The number of methoxy groups -OCH3 is 2. The van der Waals surface area contributed by atoms with Gasteiger partial charge in [-0.2, -0.15) is 0 Å². The maximum Gasteiger partial charge on any atom is 0.305 e. The molecule has 4 N–H and O–H groups in total. The number of aromatic amines is 2. The van der Waals surface area contributed by atoms with Gasteiger partial charge in [0, 0.05) is 53.7 Å². The maximum atomic E-state index is 12.5. The molecule has 8 bridgehead atoms. The topological polar surface area (TPSA) is 150 Å². The van der Waals surface area contributed by atoms with Gasteiger partial charge in [-0.25, -0.2) is 9.97 Å². The van der Waals surface area contributed by atoms with Gasteiger partial charge in [0.1, 0.15) is 0 Å². The Morgan fingerprint density at radius 3 is 1.54 bits per heavy atom. The number of carbonyl (C=O) groups excluding carboxylic acids is 2. The molecule has 0 fully saturated rings. The van der Waals surface area contributed by atoms with Gasteiger partial charge in [0.15, 0.2) is 0 Å². The van der Waals surface area contributed by atoms with Crippen LogP contribution in [0.15, 0.2) is 48.5 Å². The molecule has 0 atom stereocenters. The maximum absolute atomic E-state index is 12.5. The molecule has 0 radical (unpaired) electrons. The number of nitrogens with zero attached hydrogens (tertiary/aromatic N) is 2. The number of aliphatic hydroxyl groups is 2. The minimum atomic E-state index is -0.318. The molecule has 6 rings (SSSR count). The summed E-state index contributed by atoms with van der Waals surface area (Å²) in [6.07, 6.45) is 2.04. The number of aromatic nitrogens is 4. The summed E-state index contributed by atoms with van der Waals surface area (Å²) in [5, 5.41) is 20.2. The fourth-order valence-corrected chi connectivity index (χ4v) is 7.34. The number of esters is 2. The molecule has 0 spiro atoms. The number of hydrogen-bond donors (Lipinski definition) is 4. The van der Waals surface area contributed by atoms with Crippen LogP contribution in [-0.4, -0.2) is 69.5 Å². The van der Waals surface area contributed by atoms with Crippen LogP contribution in [0.2, 0.25) is 0 Å². The second-order valence-electron chi connectivity index (χ2n) is 13.3. The summed E-state index contributed by atoms with van der Waals surface area (Å²) in [5.41, 5.74) is 15.7. The molecule has 0 saturated carbocycles. The Morgan fingerprint density at radius 1 is 0.635 bits per heavy atom. The number of H-pyrrole nitrogens is 2. The molecule has 10 heteroatoms. The lowest BCUT2D eigenvalue weighted by Crippen LogP contribution is -2.02. The van der Waals surface area contributed by atoms with Crippen LogP contribution in [0.1, 0.15) is 84.6 Å². The summed E-state index contributed by atoms with van der Waals surface area (Å²) < 4.78 is 10.1. The molecule has 270 valence electrons. The third-order valence-electron chi connectivity index (χ3n) is 10.3. The van der Waals surface area contributed by atoms with E-state index < -0.39 is 0 Å². The highest BCUT2D eigenvalue weighted by atomic mass is 16.5. The molecule has 0 aliphatic carbocycles. The third kappa shape index (κ3) is 6.96. The van der Waals surface area contributed by atoms with E-state index in [1.165, 1.54) is 14.2 Å².